The summed E-state index contributed by atoms with van der Waals surface area (Å²) in [6.45, 7) is 0. The highest BCUT2D eigenvalue weighted by Crippen LogP contribution is 2.42. The molecule has 0 spiro atoms. The Morgan fingerprint density at radius 2 is 1.43 bits per heavy atom. The first-order valence-electron chi connectivity index (χ1n) is 6.22. The van der Waals surface area contributed by atoms with E-state index in [1.165, 1.54) is 7.11 Å². The Labute approximate surface area is 128 Å². The maximum absolute atomic E-state index is 11.5. The van der Waals surface area contributed by atoms with Gasteiger partial charge in [0, 0.05) is 11.1 Å². The van der Waals surface area contributed by atoms with E-state index in [1.54, 1.807) is 32.4 Å². The topological polar surface area (TPSA) is 44.8 Å². The zero-order valence-electron chi connectivity index (χ0n) is 12.0. The standard InChI is InChI=1S/C16H15ClO4/c1-19-13-9-5-7-11(15(13)21-3)10-6-4-8-12(16(17)18)14(10)20-2/h4-9H,1-3H3. The molecule has 110 valence electrons. The lowest BCUT2D eigenvalue weighted by Gasteiger charge is -2.16. The average molecular weight is 307 g/mol. The van der Waals surface area contributed by atoms with Crippen molar-refractivity contribution in [3.63, 3.8) is 0 Å². The molecule has 0 aliphatic heterocycles. The number of hydrogen-bond acceptors (Lipinski definition) is 4. The van der Waals surface area contributed by atoms with Crippen LogP contribution in [0.3, 0.4) is 0 Å². The molecule has 0 radical (unpaired) electrons. The molecular weight excluding hydrogens is 292 g/mol. The number of benzene rings is 2. The van der Waals surface area contributed by atoms with E-state index in [-0.39, 0.29) is 0 Å². The highest BCUT2D eigenvalue weighted by molar-refractivity contribution is 6.68. The van der Waals surface area contributed by atoms with Gasteiger partial charge in [-0.05, 0) is 23.7 Å². The van der Waals surface area contributed by atoms with Gasteiger partial charge >= 0.3 is 0 Å². The number of hydrogen-bond donors (Lipinski definition) is 0. The van der Waals surface area contributed by atoms with Crippen molar-refractivity contribution >= 4 is 16.8 Å². The molecular formula is C16H15ClO4. The van der Waals surface area contributed by atoms with Crippen molar-refractivity contribution in [3.05, 3.63) is 42.0 Å². The predicted molar refractivity (Wildman–Crippen MR) is 81.7 cm³/mol. The van der Waals surface area contributed by atoms with Crippen molar-refractivity contribution < 1.29 is 19.0 Å². The van der Waals surface area contributed by atoms with Crippen LogP contribution in [0.1, 0.15) is 10.4 Å². The number of ether oxygens (including phenoxy) is 3. The van der Waals surface area contributed by atoms with Gasteiger partial charge in [0.05, 0.1) is 26.9 Å². The van der Waals surface area contributed by atoms with Crippen LogP contribution in [0.4, 0.5) is 0 Å². The van der Waals surface area contributed by atoms with Crippen molar-refractivity contribution in [2.75, 3.05) is 21.3 Å². The average Bonchev–Trinajstić information content (AvgIpc) is 2.52. The molecule has 0 aliphatic carbocycles. The van der Waals surface area contributed by atoms with Gasteiger partial charge in [-0.15, -0.1) is 0 Å². The SMILES string of the molecule is COc1cccc(-c2cccc(C(=O)Cl)c2OC)c1OC. The fourth-order valence-electron chi connectivity index (χ4n) is 2.22. The molecule has 0 saturated heterocycles. The second kappa shape index (κ2) is 6.50. The molecule has 0 N–H and O–H groups in total. The van der Waals surface area contributed by atoms with Crippen LogP contribution < -0.4 is 14.2 Å². The highest BCUT2D eigenvalue weighted by Gasteiger charge is 2.19. The molecule has 4 nitrogen and oxygen atoms in total. The van der Waals surface area contributed by atoms with E-state index >= 15 is 0 Å². The quantitative estimate of drug-likeness (QED) is 0.789. The van der Waals surface area contributed by atoms with Gasteiger partial charge in [0.2, 0.25) is 0 Å². The molecule has 21 heavy (non-hydrogen) atoms. The monoisotopic (exact) mass is 306 g/mol. The third-order valence-electron chi connectivity index (χ3n) is 3.12. The molecule has 0 fully saturated rings. The molecule has 0 heterocycles. The van der Waals surface area contributed by atoms with E-state index in [4.69, 9.17) is 25.8 Å². The fourth-order valence-corrected chi connectivity index (χ4v) is 2.37. The molecule has 0 unspecified atom stereocenters. The van der Waals surface area contributed by atoms with Crippen LogP contribution in [0.25, 0.3) is 11.1 Å². The Balaban J connectivity index is 2.73. The zero-order valence-corrected chi connectivity index (χ0v) is 12.7. The summed E-state index contributed by atoms with van der Waals surface area (Å²) in [7, 11) is 4.62. The van der Waals surface area contributed by atoms with Crippen LogP contribution in [0.15, 0.2) is 36.4 Å². The van der Waals surface area contributed by atoms with Crippen molar-refractivity contribution in [1.29, 1.82) is 0 Å². The lowest BCUT2D eigenvalue weighted by atomic mass is 10.00. The van der Waals surface area contributed by atoms with Gasteiger partial charge in [-0.1, -0.05) is 24.3 Å². The fraction of sp³-hybridized carbons (Fsp3) is 0.188. The number of carbonyl (C=O) groups excluding carboxylic acids is 1. The van der Waals surface area contributed by atoms with Gasteiger partial charge in [-0.25, -0.2) is 0 Å². The zero-order chi connectivity index (χ0) is 15.4. The van der Waals surface area contributed by atoms with Crippen molar-refractivity contribution in [2.45, 2.75) is 0 Å². The summed E-state index contributed by atoms with van der Waals surface area (Å²) in [6, 6.07) is 10.7. The van der Waals surface area contributed by atoms with Gasteiger partial charge in [0.15, 0.2) is 11.5 Å². The maximum Gasteiger partial charge on any atom is 0.256 e. The molecule has 0 aliphatic rings. The minimum absolute atomic E-state index is 0.307. The Bertz CT molecular complexity index is 667. The van der Waals surface area contributed by atoms with Crippen LogP contribution >= 0.6 is 11.6 Å². The molecule has 2 aromatic rings. The second-order valence-corrected chi connectivity index (χ2v) is 4.54. The van der Waals surface area contributed by atoms with Gasteiger partial charge < -0.3 is 14.2 Å². The summed E-state index contributed by atoms with van der Waals surface area (Å²) in [5.74, 6) is 1.57. The van der Waals surface area contributed by atoms with E-state index in [1.807, 2.05) is 18.2 Å². The second-order valence-electron chi connectivity index (χ2n) is 4.20. The van der Waals surface area contributed by atoms with E-state index in [2.05, 4.69) is 0 Å². The van der Waals surface area contributed by atoms with Crippen LogP contribution in [0.5, 0.6) is 17.2 Å². The van der Waals surface area contributed by atoms with Gasteiger partial charge in [0.25, 0.3) is 5.24 Å². The van der Waals surface area contributed by atoms with Gasteiger partial charge in [0.1, 0.15) is 5.75 Å². The van der Waals surface area contributed by atoms with Crippen molar-refractivity contribution in [3.8, 4) is 28.4 Å². The molecule has 0 atom stereocenters. The summed E-state index contributed by atoms with van der Waals surface area (Å²) in [6.07, 6.45) is 0. The van der Waals surface area contributed by atoms with Gasteiger partial charge in [-0.3, -0.25) is 4.79 Å². The number of methoxy groups -OCH3 is 3. The summed E-state index contributed by atoms with van der Waals surface area (Å²) in [5, 5.41) is -0.574. The summed E-state index contributed by atoms with van der Waals surface area (Å²) < 4.78 is 16.1. The lowest BCUT2D eigenvalue weighted by molar-refractivity contribution is 0.107. The summed E-state index contributed by atoms with van der Waals surface area (Å²) in [5.41, 5.74) is 1.77. The maximum atomic E-state index is 11.5. The first-order valence-corrected chi connectivity index (χ1v) is 6.60. The number of halogens is 1. The summed E-state index contributed by atoms with van der Waals surface area (Å²) >= 11 is 5.60. The summed E-state index contributed by atoms with van der Waals surface area (Å²) in [4.78, 5) is 11.5. The number of rotatable bonds is 5. The van der Waals surface area contributed by atoms with E-state index in [0.29, 0.717) is 28.4 Å². The Hall–Kier alpha value is -2.20. The van der Waals surface area contributed by atoms with E-state index in [9.17, 15) is 4.79 Å². The molecule has 0 amide bonds. The molecule has 0 bridgehead atoms. The van der Waals surface area contributed by atoms with Crippen molar-refractivity contribution in [2.24, 2.45) is 0 Å². The minimum Gasteiger partial charge on any atom is -0.495 e. The number of carbonyl (C=O) groups is 1. The van der Waals surface area contributed by atoms with Crippen LogP contribution in [-0.2, 0) is 0 Å². The normalized spacial score (nSPS) is 10.1. The number of para-hydroxylation sites is 2. The lowest BCUT2D eigenvalue weighted by Crippen LogP contribution is -1.99. The first kappa shape index (κ1) is 15.2. The molecule has 0 aromatic heterocycles. The molecule has 2 rings (SSSR count). The van der Waals surface area contributed by atoms with Crippen LogP contribution in [0, 0.1) is 0 Å². The van der Waals surface area contributed by atoms with Crippen LogP contribution in [0.2, 0.25) is 0 Å². The highest BCUT2D eigenvalue weighted by atomic mass is 35.5. The van der Waals surface area contributed by atoms with E-state index < -0.39 is 5.24 Å². The Morgan fingerprint density at radius 1 is 0.857 bits per heavy atom. The first-order chi connectivity index (χ1) is 10.1. The molecule has 0 saturated carbocycles. The predicted octanol–water partition coefficient (Wildman–Crippen LogP) is 3.76. The molecule has 5 heteroatoms. The Morgan fingerprint density at radius 3 is 1.95 bits per heavy atom. The third kappa shape index (κ3) is 2.81. The minimum atomic E-state index is -0.574. The van der Waals surface area contributed by atoms with Crippen molar-refractivity contribution in [1.82, 2.24) is 0 Å². The van der Waals surface area contributed by atoms with Crippen LogP contribution in [-0.4, -0.2) is 26.6 Å². The smallest absolute Gasteiger partial charge is 0.256 e. The third-order valence-corrected chi connectivity index (χ3v) is 3.33. The largest absolute Gasteiger partial charge is 0.495 e. The Kier molecular flexibility index (Phi) is 4.70. The molecule has 2 aromatic carbocycles. The van der Waals surface area contributed by atoms with Gasteiger partial charge in [-0.2, -0.15) is 0 Å². The van der Waals surface area contributed by atoms with E-state index in [0.717, 1.165) is 5.56 Å².